The molecular weight excluding hydrogens is 284 g/mol. The molecule has 1 amide bonds. The van der Waals surface area contributed by atoms with E-state index in [1.807, 2.05) is 0 Å². The summed E-state index contributed by atoms with van der Waals surface area (Å²) in [5, 5.41) is 10.6. The second-order valence-electron chi connectivity index (χ2n) is 5.70. The highest BCUT2D eigenvalue weighted by molar-refractivity contribution is 5.67. The molecule has 0 aliphatic carbocycles. The van der Waals surface area contributed by atoms with Crippen molar-refractivity contribution in [1.29, 1.82) is 0 Å². The summed E-state index contributed by atoms with van der Waals surface area (Å²) in [7, 11) is 0. The highest BCUT2D eigenvalue weighted by Gasteiger charge is 2.23. The number of nitro groups is 1. The number of hydrogen-bond acceptors (Lipinski definition) is 4. The van der Waals surface area contributed by atoms with Crippen molar-refractivity contribution in [3.05, 3.63) is 39.9 Å². The van der Waals surface area contributed by atoms with Gasteiger partial charge in [0.05, 0.1) is 4.92 Å². The maximum atomic E-state index is 12.0. The third-order valence-corrected chi connectivity index (χ3v) is 4.08. The third kappa shape index (κ3) is 4.44. The first kappa shape index (κ1) is 16.3. The molecule has 0 N–H and O–H groups in total. The van der Waals surface area contributed by atoms with Crippen molar-refractivity contribution in [1.82, 2.24) is 4.90 Å². The number of ether oxygens (including phenoxy) is 1. The van der Waals surface area contributed by atoms with E-state index < -0.39 is 4.92 Å². The second-order valence-corrected chi connectivity index (χ2v) is 5.70. The van der Waals surface area contributed by atoms with Crippen LogP contribution in [0.15, 0.2) is 24.3 Å². The number of amides is 1. The van der Waals surface area contributed by atoms with Crippen LogP contribution < -0.4 is 0 Å². The van der Waals surface area contributed by atoms with Gasteiger partial charge in [-0.1, -0.05) is 19.8 Å². The summed E-state index contributed by atoms with van der Waals surface area (Å²) in [5.74, 6) is 0.726. The number of rotatable bonds is 5. The highest BCUT2D eigenvalue weighted by Crippen LogP contribution is 2.22. The van der Waals surface area contributed by atoms with E-state index in [1.165, 1.54) is 25.0 Å². The molecule has 0 atom stereocenters. The summed E-state index contributed by atoms with van der Waals surface area (Å²) in [6.07, 6.45) is 4.20. The summed E-state index contributed by atoms with van der Waals surface area (Å²) < 4.78 is 5.28. The first-order chi connectivity index (χ1) is 10.6. The van der Waals surface area contributed by atoms with E-state index in [9.17, 15) is 14.9 Å². The van der Waals surface area contributed by atoms with Crippen LogP contribution in [0.25, 0.3) is 0 Å². The fraction of sp³-hybridized carbons (Fsp3) is 0.562. The van der Waals surface area contributed by atoms with Crippen LogP contribution in [-0.2, 0) is 11.3 Å². The topological polar surface area (TPSA) is 72.7 Å². The largest absolute Gasteiger partial charge is 0.445 e. The number of nitro benzene ring substituents is 1. The lowest BCUT2D eigenvalue weighted by Crippen LogP contribution is -2.38. The Hall–Kier alpha value is -2.11. The Kier molecular flexibility index (Phi) is 5.75. The maximum absolute atomic E-state index is 12.0. The molecule has 1 fully saturated rings. The molecule has 1 aromatic rings. The van der Waals surface area contributed by atoms with E-state index >= 15 is 0 Å². The standard InChI is InChI=1S/C16H22N2O4/c1-2-3-13-8-10-17(11-9-13)16(19)22-12-14-4-6-15(7-5-14)18(20)21/h4-7,13H,2-3,8-12H2,1H3. The minimum atomic E-state index is -0.448. The fourth-order valence-corrected chi connectivity index (χ4v) is 2.76. The number of hydrogen-bond donors (Lipinski definition) is 0. The van der Waals surface area contributed by atoms with Crippen molar-refractivity contribution in [2.24, 2.45) is 5.92 Å². The van der Waals surface area contributed by atoms with E-state index in [-0.39, 0.29) is 18.4 Å². The fourth-order valence-electron chi connectivity index (χ4n) is 2.76. The molecule has 1 aliphatic heterocycles. The van der Waals surface area contributed by atoms with Crippen LogP contribution in [0.2, 0.25) is 0 Å². The summed E-state index contributed by atoms with van der Waals surface area (Å²) in [6.45, 7) is 3.84. The Balaban J connectivity index is 1.77. The van der Waals surface area contributed by atoms with Crippen LogP contribution in [-0.4, -0.2) is 29.0 Å². The minimum absolute atomic E-state index is 0.0353. The van der Waals surface area contributed by atoms with Crippen molar-refractivity contribution in [2.45, 2.75) is 39.2 Å². The predicted octanol–water partition coefficient (Wildman–Crippen LogP) is 3.74. The van der Waals surface area contributed by atoms with Crippen molar-refractivity contribution >= 4 is 11.8 Å². The van der Waals surface area contributed by atoms with Crippen molar-refractivity contribution < 1.29 is 14.5 Å². The van der Waals surface area contributed by atoms with Crippen LogP contribution in [0, 0.1) is 16.0 Å². The van der Waals surface area contributed by atoms with Gasteiger partial charge in [-0.25, -0.2) is 4.79 Å². The van der Waals surface area contributed by atoms with Gasteiger partial charge in [0, 0.05) is 25.2 Å². The molecule has 120 valence electrons. The Morgan fingerprint density at radius 1 is 1.32 bits per heavy atom. The number of carbonyl (C=O) groups is 1. The molecule has 0 aromatic heterocycles. The maximum Gasteiger partial charge on any atom is 0.410 e. The first-order valence-corrected chi connectivity index (χ1v) is 7.75. The Bertz CT molecular complexity index is 507. The van der Waals surface area contributed by atoms with Crippen LogP contribution >= 0.6 is 0 Å². The van der Waals surface area contributed by atoms with Crippen molar-refractivity contribution in [3.63, 3.8) is 0 Å². The monoisotopic (exact) mass is 306 g/mol. The molecule has 1 aromatic carbocycles. The third-order valence-electron chi connectivity index (χ3n) is 4.08. The molecular formula is C16H22N2O4. The number of likely N-dealkylation sites (tertiary alicyclic amines) is 1. The summed E-state index contributed by atoms with van der Waals surface area (Å²) in [4.78, 5) is 23.9. The van der Waals surface area contributed by atoms with E-state index in [0.29, 0.717) is 0 Å². The average molecular weight is 306 g/mol. The lowest BCUT2D eigenvalue weighted by molar-refractivity contribution is -0.384. The summed E-state index contributed by atoms with van der Waals surface area (Å²) >= 11 is 0. The van der Waals surface area contributed by atoms with Gasteiger partial charge in [0.25, 0.3) is 5.69 Å². The SMILES string of the molecule is CCCC1CCN(C(=O)OCc2ccc([N+](=O)[O-])cc2)CC1. The molecule has 0 unspecified atom stereocenters. The zero-order valence-corrected chi connectivity index (χ0v) is 12.9. The number of non-ortho nitro benzene ring substituents is 1. The lowest BCUT2D eigenvalue weighted by atomic mass is 9.93. The molecule has 0 bridgehead atoms. The Morgan fingerprint density at radius 3 is 2.50 bits per heavy atom. The minimum Gasteiger partial charge on any atom is -0.445 e. The van der Waals surface area contributed by atoms with Gasteiger partial charge < -0.3 is 9.64 Å². The quantitative estimate of drug-likeness (QED) is 0.613. The normalized spacial score (nSPS) is 15.6. The van der Waals surface area contributed by atoms with Gasteiger partial charge in [-0.15, -0.1) is 0 Å². The van der Waals surface area contributed by atoms with Gasteiger partial charge in [0.15, 0.2) is 0 Å². The smallest absolute Gasteiger partial charge is 0.410 e. The molecule has 6 heteroatoms. The number of benzene rings is 1. The van der Waals surface area contributed by atoms with Gasteiger partial charge in [-0.05, 0) is 36.5 Å². The number of piperidine rings is 1. The van der Waals surface area contributed by atoms with Crippen molar-refractivity contribution in [2.75, 3.05) is 13.1 Å². The molecule has 1 heterocycles. The van der Waals surface area contributed by atoms with Gasteiger partial charge in [-0.3, -0.25) is 10.1 Å². The zero-order valence-electron chi connectivity index (χ0n) is 12.9. The van der Waals surface area contributed by atoms with E-state index in [0.717, 1.165) is 37.4 Å². The average Bonchev–Trinajstić information content (AvgIpc) is 2.54. The lowest BCUT2D eigenvalue weighted by Gasteiger charge is -2.31. The molecule has 2 rings (SSSR count). The van der Waals surface area contributed by atoms with Gasteiger partial charge in [0.1, 0.15) is 6.61 Å². The van der Waals surface area contributed by atoms with Gasteiger partial charge in [-0.2, -0.15) is 0 Å². The van der Waals surface area contributed by atoms with Crippen LogP contribution in [0.1, 0.15) is 38.2 Å². The Labute approximate surface area is 130 Å². The predicted molar refractivity (Wildman–Crippen MR) is 82.5 cm³/mol. The van der Waals surface area contributed by atoms with Crippen LogP contribution in [0.5, 0.6) is 0 Å². The van der Waals surface area contributed by atoms with Gasteiger partial charge in [0.2, 0.25) is 0 Å². The number of carbonyl (C=O) groups excluding carboxylic acids is 1. The van der Waals surface area contributed by atoms with E-state index in [1.54, 1.807) is 17.0 Å². The molecule has 0 spiro atoms. The highest BCUT2D eigenvalue weighted by atomic mass is 16.6. The molecule has 22 heavy (non-hydrogen) atoms. The first-order valence-electron chi connectivity index (χ1n) is 7.75. The van der Waals surface area contributed by atoms with Crippen LogP contribution in [0.4, 0.5) is 10.5 Å². The van der Waals surface area contributed by atoms with Gasteiger partial charge >= 0.3 is 6.09 Å². The molecule has 1 aliphatic rings. The molecule has 1 saturated heterocycles. The molecule has 6 nitrogen and oxygen atoms in total. The van der Waals surface area contributed by atoms with Crippen LogP contribution in [0.3, 0.4) is 0 Å². The van der Waals surface area contributed by atoms with E-state index in [4.69, 9.17) is 4.74 Å². The summed E-state index contributed by atoms with van der Waals surface area (Å²) in [6, 6.07) is 6.05. The second kappa shape index (κ2) is 7.77. The number of nitrogens with zero attached hydrogens (tertiary/aromatic N) is 2. The van der Waals surface area contributed by atoms with E-state index in [2.05, 4.69) is 6.92 Å². The Morgan fingerprint density at radius 2 is 1.95 bits per heavy atom. The molecule has 0 radical (unpaired) electrons. The molecule has 0 saturated carbocycles. The zero-order chi connectivity index (χ0) is 15.9. The summed E-state index contributed by atoms with van der Waals surface area (Å²) in [5.41, 5.74) is 0.785. The van der Waals surface area contributed by atoms with Crippen molar-refractivity contribution in [3.8, 4) is 0 Å².